The highest BCUT2D eigenvalue weighted by atomic mass is 16.5. The smallest absolute Gasteiger partial charge is 0.306 e. The predicted octanol–water partition coefficient (Wildman–Crippen LogP) is 5.53. The quantitative estimate of drug-likeness (QED) is 0.689. The fourth-order valence-electron chi connectivity index (χ4n) is 5.06. The summed E-state index contributed by atoms with van der Waals surface area (Å²) in [6, 6.07) is 12.9. The third-order valence-electron chi connectivity index (χ3n) is 7.28. The SMILES string of the molecule is CC1CCC(Oc2ccc3ccc(C(C)N4CCC(C(=O)O)CC4)cc3c2C#N)CC1. The minimum absolute atomic E-state index is 0.176. The van der Waals surface area contributed by atoms with E-state index in [1.165, 1.54) is 12.8 Å². The van der Waals surface area contributed by atoms with Gasteiger partial charge in [0.15, 0.2) is 0 Å². The molecule has 1 unspecified atom stereocenters. The second kappa shape index (κ2) is 9.28. The normalized spacial score (nSPS) is 23.9. The molecule has 1 aliphatic carbocycles. The third kappa shape index (κ3) is 4.70. The van der Waals surface area contributed by atoms with E-state index < -0.39 is 5.97 Å². The van der Waals surface area contributed by atoms with Crippen molar-refractivity contribution in [2.75, 3.05) is 13.1 Å². The fourth-order valence-corrected chi connectivity index (χ4v) is 5.06. The van der Waals surface area contributed by atoms with Gasteiger partial charge in [-0.2, -0.15) is 5.26 Å². The van der Waals surface area contributed by atoms with Gasteiger partial charge in [0.05, 0.1) is 12.0 Å². The van der Waals surface area contributed by atoms with Gasteiger partial charge in [0.2, 0.25) is 0 Å². The summed E-state index contributed by atoms with van der Waals surface area (Å²) >= 11 is 0. The number of fused-ring (bicyclic) bond motifs is 1. The number of rotatable bonds is 5. The maximum atomic E-state index is 11.2. The minimum atomic E-state index is -0.684. The molecule has 1 saturated carbocycles. The Kier molecular flexibility index (Phi) is 6.48. The van der Waals surface area contributed by atoms with Crippen molar-refractivity contribution in [3.8, 4) is 11.8 Å². The number of nitrogens with zero attached hydrogens (tertiary/aromatic N) is 2. The largest absolute Gasteiger partial charge is 0.489 e. The van der Waals surface area contributed by atoms with Crippen molar-refractivity contribution in [3.05, 3.63) is 41.5 Å². The van der Waals surface area contributed by atoms with Crippen molar-refractivity contribution in [2.45, 2.75) is 64.5 Å². The lowest BCUT2D eigenvalue weighted by Crippen LogP contribution is -2.37. The van der Waals surface area contributed by atoms with Gasteiger partial charge in [0.1, 0.15) is 17.4 Å². The van der Waals surface area contributed by atoms with Gasteiger partial charge in [0, 0.05) is 11.4 Å². The van der Waals surface area contributed by atoms with Crippen molar-refractivity contribution in [1.29, 1.82) is 5.26 Å². The summed E-state index contributed by atoms with van der Waals surface area (Å²) in [5.74, 6) is 0.544. The molecule has 2 aromatic rings. The van der Waals surface area contributed by atoms with Crippen LogP contribution in [0.5, 0.6) is 5.75 Å². The van der Waals surface area contributed by atoms with Crippen LogP contribution in [0.3, 0.4) is 0 Å². The van der Waals surface area contributed by atoms with E-state index in [0.717, 1.165) is 48.2 Å². The Bertz CT molecular complexity index is 980. The monoisotopic (exact) mass is 420 g/mol. The molecule has 0 amide bonds. The molecule has 4 rings (SSSR count). The maximum Gasteiger partial charge on any atom is 0.306 e. The van der Waals surface area contributed by atoms with E-state index in [-0.39, 0.29) is 18.1 Å². The van der Waals surface area contributed by atoms with E-state index in [4.69, 9.17) is 4.74 Å². The van der Waals surface area contributed by atoms with Crippen LogP contribution in [0.4, 0.5) is 0 Å². The zero-order valence-electron chi connectivity index (χ0n) is 18.5. The molecule has 31 heavy (non-hydrogen) atoms. The Balaban J connectivity index is 1.56. The number of piperidine rings is 1. The molecule has 2 aliphatic rings. The number of hydrogen-bond acceptors (Lipinski definition) is 4. The van der Waals surface area contributed by atoms with Gasteiger partial charge in [0.25, 0.3) is 0 Å². The summed E-state index contributed by atoms with van der Waals surface area (Å²) in [6.45, 7) is 6.02. The van der Waals surface area contributed by atoms with Crippen LogP contribution >= 0.6 is 0 Å². The lowest BCUT2D eigenvalue weighted by atomic mass is 9.89. The van der Waals surface area contributed by atoms with Crippen LogP contribution in [-0.4, -0.2) is 35.2 Å². The van der Waals surface area contributed by atoms with Crippen molar-refractivity contribution >= 4 is 16.7 Å². The van der Waals surface area contributed by atoms with Gasteiger partial charge in [-0.3, -0.25) is 9.69 Å². The van der Waals surface area contributed by atoms with Crippen LogP contribution in [0.15, 0.2) is 30.3 Å². The zero-order chi connectivity index (χ0) is 22.0. The Morgan fingerprint density at radius 2 is 1.81 bits per heavy atom. The van der Waals surface area contributed by atoms with Crippen molar-refractivity contribution in [2.24, 2.45) is 11.8 Å². The molecule has 1 aliphatic heterocycles. The van der Waals surface area contributed by atoms with Crippen LogP contribution in [0, 0.1) is 23.2 Å². The molecular weight excluding hydrogens is 388 g/mol. The molecule has 164 valence electrons. The molecule has 0 aromatic heterocycles. The summed E-state index contributed by atoms with van der Waals surface area (Å²) in [6.07, 6.45) is 6.03. The predicted molar refractivity (Wildman–Crippen MR) is 121 cm³/mol. The Morgan fingerprint density at radius 1 is 1.13 bits per heavy atom. The van der Waals surface area contributed by atoms with E-state index >= 15 is 0 Å². The standard InChI is InChI=1S/C26H32N2O3/c1-17-3-8-22(9-4-17)31-25-10-7-19-5-6-21(15-23(19)24(25)16-27)18(2)28-13-11-20(12-14-28)26(29)30/h5-7,10,15,17-18,20,22H,3-4,8-9,11-14H2,1-2H3,(H,29,30). The molecule has 2 aromatic carbocycles. The fraction of sp³-hybridized carbons (Fsp3) is 0.538. The number of carbonyl (C=O) groups is 1. The highest BCUT2D eigenvalue weighted by molar-refractivity contribution is 5.90. The summed E-state index contributed by atoms with van der Waals surface area (Å²) in [5, 5.41) is 21.2. The highest BCUT2D eigenvalue weighted by Crippen LogP contribution is 2.34. The summed E-state index contributed by atoms with van der Waals surface area (Å²) < 4.78 is 6.30. The van der Waals surface area contributed by atoms with E-state index in [1.54, 1.807) is 0 Å². The van der Waals surface area contributed by atoms with Gasteiger partial charge in [-0.1, -0.05) is 25.1 Å². The topological polar surface area (TPSA) is 73.6 Å². The van der Waals surface area contributed by atoms with Crippen LogP contribution < -0.4 is 4.74 Å². The average Bonchev–Trinajstić information content (AvgIpc) is 2.79. The molecule has 5 nitrogen and oxygen atoms in total. The van der Waals surface area contributed by atoms with Crippen LogP contribution in [0.25, 0.3) is 10.8 Å². The third-order valence-corrected chi connectivity index (χ3v) is 7.28. The number of aliphatic carboxylic acids is 1. The lowest BCUT2D eigenvalue weighted by Gasteiger charge is -2.35. The second-order valence-corrected chi connectivity index (χ2v) is 9.36. The molecule has 1 saturated heterocycles. The number of benzene rings is 2. The maximum absolute atomic E-state index is 11.2. The van der Waals surface area contributed by atoms with E-state index in [9.17, 15) is 15.2 Å². The van der Waals surface area contributed by atoms with Gasteiger partial charge in [-0.05, 0) is 87.5 Å². The number of likely N-dealkylation sites (tertiary alicyclic amines) is 1. The van der Waals surface area contributed by atoms with Crippen LogP contribution in [0.2, 0.25) is 0 Å². The van der Waals surface area contributed by atoms with Crippen molar-refractivity contribution in [1.82, 2.24) is 4.90 Å². The van der Waals surface area contributed by atoms with Crippen molar-refractivity contribution in [3.63, 3.8) is 0 Å². The summed E-state index contributed by atoms with van der Waals surface area (Å²) in [4.78, 5) is 13.6. The molecule has 2 fully saturated rings. The molecule has 1 heterocycles. The Morgan fingerprint density at radius 3 is 2.45 bits per heavy atom. The van der Waals surface area contributed by atoms with Gasteiger partial charge < -0.3 is 9.84 Å². The molecular formula is C26H32N2O3. The second-order valence-electron chi connectivity index (χ2n) is 9.36. The highest BCUT2D eigenvalue weighted by Gasteiger charge is 2.28. The van der Waals surface area contributed by atoms with Gasteiger partial charge in [-0.15, -0.1) is 0 Å². The number of ether oxygens (including phenoxy) is 1. The molecule has 0 bridgehead atoms. The van der Waals surface area contributed by atoms with Crippen molar-refractivity contribution < 1.29 is 14.6 Å². The average molecular weight is 421 g/mol. The molecule has 0 radical (unpaired) electrons. The summed E-state index contributed by atoms with van der Waals surface area (Å²) in [5.41, 5.74) is 1.77. The first-order valence-electron chi connectivity index (χ1n) is 11.6. The number of carboxylic acids is 1. The summed E-state index contributed by atoms with van der Waals surface area (Å²) in [7, 11) is 0. The van der Waals surface area contributed by atoms with E-state index in [0.29, 0.717) is 24.2 Å². The lowest BCUT2D eigenvalue weighted by molar-refractivity contribution is -0.143. The number of nitriles is 1. The molecule has 5 heteroatoms. The minimum Gasteiger partial charge on any atom is -0.489 e. The van der Waals surface area contributed by atoms with Crippen LogP contribution in [0.1, 0.15) is 69.5 Å². The van der Waals surface area contributed by atoms with E-state index in [1.807, 2.05) is 12.1 Å². The molecule has 1 atom stereocenters. The Labute approximate surface area is 184 Å². The van der Waals surface area contributed by atoms with Gasteiger partial charge in [-0.25, -0.2) is 0 Å². The van der Waals surface area contributed by atoms with Gasteiger partial charge >= 0.3 is 5.97 Å². The van der Waals surface area contributed by atoms with Crippen LogP contribution in [-0.2, 0) is 4.79 Å². The molecule has 1 N–H and O–H groups in total. The number of hydrogen-bond donors (Lipinski definition) is 1. The van der Waals surface area contributed by atoms with E-state index in [2.05, 4.69) is 43.0 Å². The first-order valence-corrected chi connectivity index (χ1v) is 11.6. The zero-order valence-corrected chi connectivity index (χ0v) is 18.5. The first kappa shape index (κ1) is 21.6. The molecule has 0 spiro atoms. The number of carboxylic acid groups (broad SMARTS) is 1. The Hall–Kier alpha value is -2.58. The first-order chi connectivity index (χ1) is 15.0.